The highest BCUT2D eigenvalue weighted by Gasteiger charge is 2.64. The molecule has 4 atom stereocenters. The predicted octanol–water partition coefficient (Wildman–Crippen LogP) is 5.28. The van der Waals surface area contributed by atoms with Crippen LogP contribution in [0.15, 0.2) is 77.3 Å². The van der Waals surface area contributed by atoms with E-state index in [4.69, 9.17) is 11.6 Å². The van der Waals surface area contributed by atoms with Gasteiger partial charge in [-0.05, 0) is 42.0 Å². The molecule has 2 saturated heterocycles. The molecule has 0 spiro atoms. The zero-order valence-corrected chi connectivity index (χ0v) is 21.3. The number of nitro benzene ring substituents is 1. The molecule has 8 nitrogen and oxygen atoms in total. The topological polar surface area (TPSA) is 101 Å². The molecular weight excluding hydrogens is 562 g/mol. The van der Waals surface area contributed by atoms with Crippen molar-refractivity contribution in [2.75, 3.05) is 9.80 Å². The average molecular weight is 579 g/mol. The Morgan fingerprint density at radius 2 is 1.62 bits per heavy atom. The molecule has 3 aromatic carbocycles. The summed E-state index contributed by atoms with van der Waals surface area (Å²) in [4.78, 5) is 55.1. The normalized spacial score (nSPS) is 23.6. The van der Waals surface area contributed by atoms with Crippen LogP contribution in [0.5, 0.6) is 0 Å². The third-order valence-corrected chi connectivity index (χ3v) is 7.95. The van der Waals surface area contributed by atoms with Gasteiger partial charge in [-0.15, -0.1) is 0 Å². The number of rotatable bonds is 4. The quantitative estimate of drug-likeness (QED) is 0.181. The second-order valence-corrected chi connectivity index (χ2v) is 10.5. The Bertz CT molecular complexity index is 1520. The number of nitro groups is 1. The van der Waals surface area contributed by atoms with Gasteiger partial charge in [0, 0.05) is 32.9 Å². The number of hydrogen-bond acceptors (Lipinski definition) is 6. The first kappa shape index (κ1) is 23.6. The molecule has 184 valence electrons. The summed E-state index contributed by atoms with van der Waals surface area (Å²) >= 11 is 9.69. The minimum atomic E-state index is -0.946. The summed E-state index contributed by atoms with van der Waals surface area (Å²) in [6.07, 6.45) is 3.73. The molecule has 37 heavy (non-hydrogen) atoms. The molecule has 0 bridgehead atoms. The highest BCUT2D eigenvalue weighted by molar-refractivity contribution is 9.10. The van der Waals surface area contributed by atoms with E-state index in [0.29, 0.717) is 16.3 Å². The summed E-state index contributed by atoms with van der Waals surface area (Å²) in [7, 11) is 0. The van der Waals surface area contributed by atoms with E-state index in [0.717, 1.165) is 14.9 Å². The van der Waals surface area contributed by atoms with E-state index in [9.17, 15) is 24.5 Å². The van der Waals surface area contributed by atoms with Crippen molar-refractivity contribution in [2.45, 2.75) is 12.1 Å². The summed E-state index contributed by atoms with van der Waals surface area (Å²) in [6, 6.07) is 16.0. The molecule has 2 amide bonds. The minimum Gasteiger partial charge on any atom is -0.352 e. The maximum atomic E-state index is 14.0. The number of carbonyl (C=O) groups is 3. The van der Waals surface area contributed by atoms with Gasteiger partial charge in [0.1, 0.15) is 6.04 Å². The predicted molar refractivity (Wildman–Crippen MR) is 142 cm³/mol. The number of anilines is 2. The van der Waals surface area contributed by atoms with Gasteiger partial charge < -0.3 is 4.90 Å². The van der Waals surface area contributed by atoms with Gasteiger partial charge in [-0.25, -0.2) is 4.90 Å². The van der Waals surface area contributed by atoms with Crippen LogP contribution in [0.1, 0.15) is 15.9 Å². The van der Waals surface area contributed by atoms with Crippen molar-refractivity contribution in [3.8, 4) is 0 Å². The molecule has 0 radical (unpaired) electrons. The van der Waals surface area contributed by atoms with Crippen LogP contribution < -0.4 is 9.80 Å². The third kappa shape index (κ3) is 3.60. The van der Waals surface area contributed by atoms with Crippen LogP contribution in [-0.4, -0.2) is 34.6 Å². The van der Waals surface area contributed by atoms with E-state index in [1.165, 1.54) is 24.3 Å². The molecule has 0 aliphatic carbocycles. The second kappa shape index (κ2) is 8.64. The lowest BCUT2D eigenvalue weighted by atomic mass is 9.86. The van der Waals surface area contributed by atoms with Crippen LogP contribution in [0.2, 0.25) is 5.02 Å². The standard InChI is InChI=1S/C27H17BrClN3O5/c28-16-5-1-15(2-6-16)25(33)24-23-22(20-12-4-14-3-7-17(29)13-21(14)31(20)24)26(34)30(27(23)35)18-8-10-19(11-9-18)32(36)37/h1-13,20,22-24H/t20-,22-,23+,24+/m1/s1. The Balaban J connectivity index is 1.47. The molecule has 3 aliphatic rings. The van der Waals surface area contributed by atoms with Gasteiger partial charge in [0.2, 0.25) is 11.8 Å². The average Bonchev–Trinajstić information content (AvgIpc) is 3.36. The first-order chi connectivity index (χ1) is 17.8. The highest BCUT2D eigenvalue weighted by atomic mass is 79.9. The third-order valence-electron chi connectivity index (χ3n) is 7.19. The molecule has 6 rings (SSSR count). The zero-order valence-electron chi connectivity index (χ0n) is 19.0. The molecule has 0 unspecified atom stereocenters. The van der Waals surface area contributed by atoms with E-state index in [1.54, 1.807) is 36.4 Å². The molecule has 3 aliphatic heterocycles. The Labute approximate surface area is 224 Å². The number of hydrogen-bond donors (Lipinski definition) is 0. The van der Waals surface area contributed by atoms with Gasteiger partial charge in [-0.3, -0.25) is 24.5 Å². The van der Waals surface area contributed by atoms with Crippen LogP contribution in [0.4, 0.5) is 17.1 Å². The number of nitrogens with zero attached hydrogens (tertiary/aromatic N) is 3. The molecule has 2 fully saturated rings. The maximum Gasteiger partial charge on any atom is 0.269 e. The fourth-order valence-electron chi connectivity index (χ4n) is 5.59. The van der Waals surface area contributed by atoms with Crippen LogP contribution in [-0.2, 0) is 9.59 Å². The van der Waals surface area contributed by atoms with Crippen molar-refractivity contribution in [2.24, 2.45) is 11.8 Å². The minimum absolute atomic E-state index is 0.152. The van der Waals surface area contributed by atoms with Crippen LogP contribution in [0, 0.1) is 22.0 Å². The number of halogens is 2. The molecule has 10 heteroatoms. The molecule has 0 aromatic heterocycles. The van der Waals surface area contributed by atoms with Gasteiger partial charge in [0.05, 0.1) is 28.5 Å². The molecular formula is C27H17BrClN3O5. The lowest BCUT2D eigenvalue weighted by Gasteiger charge is -2.36. The number of amides is 2. The Morgan fingerprint density at radius 3 is 2.30 bits per heavy atom. The smallest absolute Gasteiger partial charge is 0.269 e. The number of benzene rings is 3. The van der Waals surface area contributed by atoms with E-state index >= 15 is 0 Å². The summed E-state index contributed by atoms with van der Waals surface area (Å²) < 4.78 is 0.806. The van der Waals surface area contributed by atoms with Gasteiger partial charge in [-0.1, -0.05) is 57.9 Å². The van der Waals surface area contributed by atoms with Gasteiger partial charge in [-0.2, -0.15) is 0 Å². The Kier molecular flexibility index (Phi) is 5.50. The van der Waals surface area contributed by atoms with Crippen LogP contribution in [0.3, 0.4) is 0 Å². The van der Waals surface area contributed by atoms with Crippen molar-refractivity contribution < 1.29 is 19.3 Å². The lowest BCUT2D eigenvalue weighted by Crippen LogP contribution is -2.48. The van der Waals surface area contributed by atoms with Crippen LogP contribution >= 0.6 is 27.5 Å². The highest BCUT2D eigenvalue weighted by Crippen LogP contribution is 2.50. The zero-order chi connectivity index (χ0) is 26.0. The van der Waals surface area contributed by atoms with Crippen molar-refractivity contribution in [3.05, 3.63) is 104 Å². The van der Waals surface area contributed by atoms with E-state index < -0.39 is 40.7 Å². The molecule has 3 heterocycles. The van der Waals surface area contributed by atoms with Crippen molar-refractivity contribution >= 4 is 68.3 Å². The van der Waals surface area contributed by atoms with Gasteiger partial charge in [0.25, 0.3) is 5.69 Å². The van der Waals surface area contributed by atoms with E-state index in [-0.39, 0.29) is 17.2 Å². The summed E-state index contributed by atoms with van der Waals surface area (Å²) in [6.45, 7) is 0. The molecule has 0 saturated carbocycles. The number of non-ortho nitro benzene ring substituents is 1. The monoisotopic (exact) mass is 577 g/mol. The van der Waals surface area contributed by atoms with Crippen molar-refractivity contribution in [3.63, 3.8) is 0 Å². The maximum absolute atomic E-state index is 14.0. The number of Topliss-reactive ketones (excluding diaryl/α,β-unsaturated/α-hetero) is 1. The largest absolute Gasteiger partial charge is 0.352 e. The molecule has 0 N–H and O–H groups in total. The lowest BCUT2D eigenvalue weighted by molar-refractivity contribution is -0.384. The number of ketones is 1. The van der Waals surface area contributed by atoms with Gasteiger partial charge in [0.15, 0.2) is 5.78 Å². The SMILES string of the molecule is O=C(c1ccc(Br)cc1)[C@@H]1[C@H]2C(=O)N(c3ccc([N+](=O)[O-])cc3)C(=O)[C@@H]2[C@H]2C=Cc3ccc(Cl)cc3N21. The summed E-state index contributed by atoms with van der Waals surface area (Å²) in [5, 5.41) is 11.5. The number of imide groups is 1. The first-order valence-electron chi connectivity index (χ1n) is 11.4. The van der Waals surface area contributed by atoms with Crippen molar-refractivity contribution in [1.82, 2.24) is 0 Å². The number of carbonyl (C=O) groups excluding carboxylic acids is 3. The first-order valence-corrected chi connectivity index (χ1v) is 12.6. The van der Waals surface area contributed by atoms with Gasteiger partial charge >= 0.3 is 0 Å². The second-order valence-electron chi connectivity index (χ2n) is 9.11. The van der Waals surface area contributed by atoms with Crippen LogP contribution in [0.25, 0.3) is 6.08 Å². The fourth-order valence-corrected chi connectivity index (χ4v) is 6.02. The summed E-state index contributed by atoms with van der Waals surface area (Å²) in [5.74, 6) is -2.99. The molecule has 3 aromatic rings. The van der Waals surface area contributed by atoms with E-state index in [2.05, 4.69) is 15.9 Å². The Hall–Kier alpha value is -3.82. The fraction of sp³-hybridized carbons (Fsp3) is 0.148. The summed E-state index contributed by atoms with van der Waals surface area (Å²) in [5.41, 5.74) is 2.02. The Morgan fingerprint density at radius 1 is 0.946 bits per heavy atom. The number of fused-ring (bicyclic) bond motifs is 5. The van der Waals surface area contributed by atoms with E-state index in [1.807, 2.05) is 23.1 Å². The van der Waals surface area contributed by atoms with Crippen molar-refractivity contribution in [1.29, 1.82) is 0 Å².